The number of nitrogens with one attached hydrogen (secondary N) is 1. The molecule has 4 aromatic rings. The van der Waals surface area contributed by atoms with Crippen LogP contribution in [0.4, 0.5) is 0 Å². The van der Waals surface area contributed by atoms with Gasteiger partial charge in [0.2, 0.25) is 0 Å². The van der Waals surface area contributed by atoms with Crippen molar-refractivity contribution in [3.05, 3.63) is 63.2 Å². The van der Waals surface area contributed by atoms with Crippen LogP contribution in [-0.4, -0.2) is 19.9 Å². The van der Waals surface area contributed by atoms with Gasteiger partial charge in [-0.05, 0) is 48.1 Å². The van der Waals surface area contributed by atoms with Gasteiger partial charge in [0.1, 0.15) is 5.69 Å². The third-order valence-corrected chi connectivity index (χ3v) is 5.66. The number of imidazole rings is 1. The highest BCUT2D eigenvalue weighted by Crippen LogP contribution is 2.26. The van der Waals surface area contributed by atoms with Gasteiger partial charge in [-0.3, -0.25) is 4.98 Å². The number of hydrogen-bond donors (Lipinski definition) is 1. The van der Waals surface area contributed by atoms with E-state index in [1.165, 1.54) is 17.5 Å². The van der Waals surface area contributed by atoms with Crippen molar-refractivity contribution in [2.75, 3.05) is 0 Å². The highest BCUT2D eigenvalue weighted by Gasteiger charge is 2.12. The first-order valence-corrected chi connectivity index (χ1v) is 10.4. The Bertz CT molecular complexity index is 1030. The largest absolute Gasteiger partial charge is 0.335 e. The van der Waals surface area contributed by atoms with Crippen molar-refractivity contribution in [3.8, 4) is 11.5 Å². The number of rotatable bonds is 6. The second-order valence-corrected chi connectivity index (χ2v) is 8.51. The standard InChI is InChI=1S/C21H21ClN4S/c1-13(2)3-4-14-5-6-16(22)9-15(14)10-20-24-19(12-27-20)21-25-17-7-8-23-11-18(17)26-21/h5-9,11-13H,3-4,10H2,1-2H3,(H,25,26). The summed E-state index contributed by atoms with van der Waals surface area (Å²) in [7, 11) is 0. The Morgan fingerprint density at radius 2 is 2.04 bits per heavy atom. The van der Waals surface area contributed by atoms with Crippen LogP contribution in [0.3, 0.4) is 0 Å². The fourth-order valence-electron chi connectivity index (χ4n) is 3.09. The van der Waals surface area contributed by atoms with E-state index in [-0.39, 0.29) is 0 Å². The van der Waals surface area contributed by atoms with Gasteiger partial charge in [0, 0.05) is 23.0 Å². The van der Waals surface area contributed by atoms with E-state index < -0.39 is 0 Å². The average Bonchev–Trinajstić information content (AvgIpc) is 3.27. The number of pyridine rings is 1. The summed E-state index contributed by atoms with van der Waals surface area (Å²) in [6.07, 6.45) is 6.56. The van der Waals surface area contributed by atoms with Gasteiger partial charge >= 0.3 is 0 Å². The number of aryl methyl sites for hydroxylation is 1. The molecule has 27 heavy (non-hydrogen) atoms. The zero-order valence-electron chi connectivity index (χ0n) is 15.4. The number of H-pyrrole nitrogens is 1. The molecule has 1 N–H and O–H groups in total. The molecule has 0 atom stereocenters. The van der Waals surface area contributed by atoms with Gasteiger partial charge in [-0.1, -0.05) is 31.5 Å². The molecule has 0 bridgehead atoms. The lowest BCUT2D eigenvalue weighted by Gasteiger charge is -2.10. The minimum absolute atomic E-state index is 0.683. The predicted molar refractivity (Wildman–Crippen MR) is 112 cm³/mol. The molecule has 0 aliphatic heterocycles. The molecule has 0 saturated carbocycles. The van der Waals surface area contributed by atoms with E-state index in [0.717, 1.165) is 45.4 Å². The summed E-state index contributed by atoms with van der Waals surface area (Å²) in [5.41, 5.74) is 5.32. The van der Waals surface area contributed by atoms with Gasteiger partial charge in [0.05, 0.1) is 22.2 Å². The zero-order chi connectivity index (χ0) is 18.8. The molecule has 0 aliphatic rings. The Labute approximate surface area is 167 Å². The summed E-state index contributed by atoms with van der Waals surface area (Å²) in [4.78, 5) is 16.8. The molecule has 0 saturated heterocycles. The summed E-state index contributed by atoms with van der Waals surface area (Å²) in [6.45, 7) is 4.51. The summed E-state index contributed by atoms with van der Waals surface area (Å²) in [5, 5.41) is 3.90. The van der Waals surface area contributed by atoms with Crippen molar-refractivity contribution in [1.82, 2.24) is 19.9 Å². The molecule has 0 fully saturated rings. The fraction of sp³-hybridized carbons (Fsp3) is 0.286. The van der Waals surface area contributed by atoms with E-state index >= 15 is 0 Å². The Hall–Kier alpha value is -2.24. The van der Waals surface area contributed by atoms with Crippen LogP contribution >= 0.6 is 22.9 Å². The minimum atomic E-state index is 0.683. The summed E-state index contributed by atoms with van der Waals surface area (Å²) in [6, 6.07) is 8.11. The number of aromatic nitrogens is 4. The smallest absolute Gasteiger partial charge is 0.158 e. The number of fused-ring (bicyclic) bond motifs is 1. The van der Waals surface area contributed by atoms with E-state index in [9.17, 15) is 0 Å². The molecular formula is C21H21ClN4S. The lowest BCUT2D eigenvalue weighted by molar-refractivity contribution is 0.585. The van der Waals surface area contributed by atoms with Crippen LogP contribution in [0.5, 0.6) is 0 Å². The molecule has 138 valence electrons. The third-order valence-electron chi connectivity index (χ3n) is 4.58. The van der Waals surface area contributed by atoms with Crippen LogP contribution in [-0.2, 0) is 12.8 Å². The fourth-order valence-corrected chi connectivity index (χ4v) is 4.09. The van der Waals surface area contributed by atoms with Crippen molar-refractivity contribution < 1.29 is 0 Å². The molecule has 6 heteroatoms. The summed E-state index contributed by atoms with van der Waals surface area (Å²) < 4.78 is 0. The topological polar surface area (TPSA) is 54.5 Å². The molecule has 0 aliphatic carbocycles. The van der Waals surface area contributed by atoms with Gasteiger partial charge in [-0.25, -0.2) is 9.97 Å². The van der Waals surface area contributed by atoms with E-state index in [1.54, 1.807) is 23.7 Å². The number of halogens is 1. The summed E-state index contributed by atoms with van der Waals surface area (Å²) in [5.74, 6) is 1.47. The summed E-state index contributed by atoms with van der Waals surface area (Å²) >= 11 is 7.91. The zero-order valence-corrected chi connectivity index (χ0v) is 16.9. The molecule has 0 radical (unpaired) electrons. The van der Waals surface area contributed by atoms with Gasteiger partial charge in [0.25, 0.3) is 0 Å². The number of nitrogens with zero attached hydrogens (tertiary/aromatic N) is 3. The molecule has 4 rings (SSSR count). The van der Waals surface area contributed by atoms with Crippen molar-refractivity contribution in [2.24, 2.45) is 5.92 Å². The first-order chi connectivity index (χ1) is 13.1. The Morgan fingerprint density at radius 3 is 2.85 bits per heavy atom. The van der Waals surface area contributed by atoms with Crippen LogP contribution in [0.1, 0.15) is 36.4 Å². The Kier molecular flexibility index (Phi) is 5.23. The third kappa shape index (κ3) is 4.20. The lowest BCUT2D eigenvalue weighted by Crippen LogP contribution is -1.99. The first-order valence-electron chi connectivity index (χ1n) is 9.10. The van der Waals surface area contributed by atoms with Gasteiger partial charge < -0.3 is 4.98 Å². The quantitative estimate of drug-likeness (QED) is 0.440. The molecular weight excluding hydrogens is 376 g/mol. The number of thiazole rings is 1. The minimum Gasteiger partial charge on any atom is -0.335 e. The maximum Gasteiger partial charge on any atom is 0.158 e. The highest BCUT2D eigenvalue weighted by molar-refractivity contribution is 7.10. The first kappa shape index (κ1) is 18.1. The van der Waals surface area contributed by atoms with E-state index in [1.807, 2.05) is 12.1 Å². The molecule has 0 spiro atoms. The molecule has 0 unspecified atom stereocenters. The van der Waals surface area contributed by atoms with Crippen molar-refractivity contribution in [3.63, 3.8) is 0 Å². The lowest BCUT2D eigenvalue weighted by atomic mass is 9.97. The van der Waals surface area contributed by atoms with Crippen LogP contribution in [0, 0.1) is 5.92 Å². The number of hydrogen-bond acceptors (Lipinski definition) is 4. The van der Waals surface area contributed by atoms with Crippen molar-refractivity contribution in [2.45, 2.75) is 33.1 Å². The van der Waals surface area contributed by atoms with E-state index in [4.69, 9.17) is 16.6 Å². The van der Waals surface area contributed by atoms with Crippen LogP contribution in [0.15, 0.2) is 42.0 Å². The molecule has 3 aromatic heterocycles. The van der Waals surface area contributed by atoms with Crippen molar-refractivity contribution in [1.29, 1.82) is 0 Å². The van der Waals surface area contributed by atoms with Gasteiger partial charge in [-0.2, -0.15) is 0 Å². The number of benzene rings is 1. The van der Waals surface area contributed by atoms with Crippen molar-refractivity contribution >= 4 is 34.0 Å². The maximum atomic E-state index is 6.25. The second-order valence-electron chi connectivity index (χ2n) is 7.13. The predicted octanol–water partition coefficient (Wildman–Crippen LogP) is 5.91. The normalized spacial score (nSPS) is 11.6. The van der Waals surface area contributed by atoms with Crippen LogP contribution in [0.2, 0.25) is 5.02 Å². The molecule has 3 heterocycles. The number of aromatic amines is 1. The Morgan fingerprint density at radius 1 is 1.15 bits per heavy atom. The average molecular weight is 397 g/mol. The SMILES string of the molecule is CC(C)CCc1ccc(Cl)cc1Cc1nc(-c2nc3ccncc3[nH]2)cs1. The van der Waals surface area contributed by atoms with Crippen LogP contribution in [0.25, 0.3) is 22.6 Å². The maximum absolute atomic E-state index is 6.25. The highest BCUT2D eigenvalue weighted by atomic mass is 35.5. The second kappa shape index (κ2) is 7.79. The van der Waals surface area contributed by atoms with E-state index in [0.29, 0.717) is 5.92 Å². The van der Waals surface area contributed by atoms with Crippen LogP contribution < -0.4 is 0 Å². The molecule has 0 amide bonds. The monoisotopic (exact) mass is 396 g/mol. The van der Waals surface area contributed by atoms with Gasteiger partial charge in [0.15, 0.2) is 5.82 Å². The Balaban J connectivity index is 1.58. The molecule has 1 aromatic carbocycles. The molecule has 4 nitrogen and oxygen atoms in total. The van der Waals surface area contributed by atoms with Gasteiger partial charge in [-0.15, -0.1) is 11.3 Å². The van der Waals surface area contributed by atoms with E-state index in [2.05, 4.69) is 46.3 Å².